The molecule has 124 valence electrons. The van der Waals surface area contributed by atoms with Gasteiger partial charge in [0.05, 0.1) is 26.9 Å². The number of hydroxylamine groups is 2. The third-order valence-electron chi connectivity index (χ3n) is 4.85. The Kier molecular flexibility index (Phi) is 4.30. The van der Waals surface area contributed by atoms with Crippen molar-refractivity contribution in [3.8, 4) is 17.2 Å². The molecule has 1 aliphatic heterocycles. The van der Waals surface area contributed by atoms with E-state index in [0.29, 0.717) is 17.2 Å². The van der Waals surface area contributed by atoms with E-state index >= 15 is 0 Å². The largest absolute Gasteiger partial charge is 0.493 e. The Bertz CT molecular complexity index is 532. The smallest absolute Gasteiger partial charge is 0.203 e. The fourth-order valence-corrected chi connectivity index (χ4v) is 2.67. The third-order valence-corrected chi connectivity index (χ3v) is 4.85. The lowest BCUT2D eigenvalue weighted by molar-refractivity contribution is -0.173. The number of hydrogen-bond acceptors (Lipinski definition) is 6. The highest BCUT2D eigenvalue weighted by molar-refractivity contribution is 5.54. The first-order valence-electron chi connectivity index (χ1n) is 7.25. The van der Waals surface area contributed by atoms with E-state index < -0.39 is 5.54 Å². The topological polar surface area (TPSA) is 63.2 Å². The van der Waals surface area contributed by atoms with Gasteiger partial charge in [0.2, 0.25) is 5.75 Å². The van der Waals surface area contributed by atoms with Crippen LogP contribution in [0.4, 0.5) is 0 Å². The summed E-state index contributed by atoms with van der Waals surface area (Å²) in [4.78, 5) is 0. The maximum atomic E-state index is 10.6. The fraction of sp³-hybridized carbons (Fsp3) is 0.625. The molecule has 1 aromatic rings. The average molecular weight is 310 g/mol. The van der Waals surface area contributed by atoms with E-state index in [2.05, 4.69) is 19.2 Å². The molecule has 1 unspecified atom stereocenters. The van der Waals surface area contributed by atoms with Gasteiger partial charge in [-0.25, -0.2) is 0 Å². The van der Waals surface area contributed by atoms with Crippen molar-refractivity contribution in [3.05, 3.63) is 17.7 Å². The Morgan fingerprint density at radius 3 is 1.82 bits per heavy atom. The minimum absolute atomic E-state index is 0.271. The summed E-state index contributed by atoms with van der Waals surface area (Å²) in [5.41, 5.74) is 0.140. The van der Waals surface area contributed by atoms with Crippen LogP contribution in [-0.2, 0) is 0 Å². The average Bonchev–Trinajstić information content (AvgIpc) is 2.65. The summed E-state index contributed by atoms with van der Waals surface area (Å²) in [6.07, 6.45) is -0.362. The predicted octanol–water partition coefficient (Wildman–Crippen LogP) is 2.56. The van der Waals surface area contributed by atoms with Crippen LogP contribution in [-0.4, -0.2) is 42.7 Å². The van der Waals surface area contributed by atoms with E-state index in [4.69, 9.17) is 14.2 Å². The van der Waals surface area contributed by atoms with Gasteiger partial charge in [0.15, 0.2) is 11.5 Å². The molecule has 0 aliphatic carbocycles. The maximum Gasteiger partial charge on any atom is 0.203 e. The molecule has 2 N–H and O–H groups in total. The SMILES string of the molecule is COc1cc(C2NC(C)(C)C(C)(C)N2O)cc(OC)c1OC. The molecule has 1 fully saturated rings. The standard InChI is InChI=1S/C16H26N2O4/c1-15(2)16(3,4)18(19)14(17-15)10-8-11(20-5)13(22-7)12(9-10)21-6/h8-9,14,17,19H,1-7H3. The summed E-state index contributed by atoms with van der Waals surface area (Å²) < 4.78 is 16.1. The lowest BCUT2D eigenvalue weighted by atomic mass is 9.84. The van der Waals surface area contributed by atoms with E-state index in [1.165, 1.54) is 5.06 Å². The quantitative estimate of drug-likeness (QED) is 0.891. The zero-order valence-corrected chi connectivity index (χ0v) is 14.4. The number of rotatable bonds is 4. The molecule has 0 spiro atoms. The van der Waals surface area contributed by atoms with E-state index in [1.54, 1.807) is 21.3 Å². The van der Waals surface area contributed by atoms with Gasteiger partial charge in [0, 0.05) is 5.54 Å². The minimum Gasteiger partial charge on any atom is -0.493 e. The van der Waals surface area contributed by atoms with Gasteiger partial charge in [0.25, 0.3) is 0 Å². The number of benzene rings is 1. The molecule has 1 atom stereocenters. The lowest BCUT2D eigenvalue weighted by Gasteiger charge is -2.36. The van der Waals surface area contributed by atoms with Gasteiger partial charge >= 0.3 is 0 Å². The summed E-state index contributed by atoms with van der Waals surface area (Å²) in [6, 6.07) is 3.69. The van der Waals surface area contributed by atoms with Gasteiger partial charge in [-0.05, 0) is 45.4 Å². The summed E-state index contributed by atoms with van der Waals surface area (Å²) in [7, 11) is 4.72. The number of hydrogen-bond donors (Lipinski definition) is 2. The molecular weight excluding hydrogens is 284 g/mol. The van der Waals surface area contributed by atoms with Crippen molar-refractivity contribution in [1.29, 1.82) is 0 Å². The molecule has 6 nitrogen and oxygen atoms in total. The zero-order valence-electron chi connectivity index (χ0n) is 14.4. The highest BCUT2D eigenvalue weighted by Crippen LogP contribution is 2.45. The van der Waals surface area contributed by atoms with E-state index in [0.717, 1.165) is 5.56 Å². The number of nitrogens with one attached hydrogen (secondary N) is 1. The van der Waals surface area contributed by atoms with E-state index in [9.17, 15) is 5.21 Å². The molecule has 1 aliphatic rings. The summed E-state index contributed by atoms with van der Waals surface area (Å²) in [5.74, 6) is 1.67. The van der Waals surface area contributed by atoms with Crippen molar-refractivity contribution >= 4 is 0 Å². The van der Waals surface area contributed by atoms with Gasteiger partial charge < -0.3 is 19.4 Å². The lowest BCUT2D eigenvalue weighted by Crippen LogP contribution is -2.52. The highest BCUT2D eigenvalue weighted by atomic mass is 16.5. The van der Waals surface area contributed by atoms with Crippen LogP contribution in [0.25, 0.3) is 0 Å². The molecule has 0 saturated carbocycles. The van der Waals surface area contributed by atoms with Crippen LogP contribution in [0.5, 0.6) is 17.2 Å². The minimum atomic E-state index is -0.432. The highest BCUT2D eigenvalue weighted by Gasteiger charge is 2.52. The molecule has 1 heterocycles. The molecule has 1 aromatic carbocycles. The maximum absolute atomic E-state index is 10.6. The van der Waals surface area contributed by atoms with Gasteiger partial charge in [0.1, 0.15) is 6.17 Å². The van der Waals surface area contributed by atoms with Crippen molar-refractivity contribution in [2.24, 2.45) is 0 Å². The normalized spacial score (nSPS) is 23.4. The van der Waals surface area contributed by atoms with Gasteiger partial charge in [-0.1, -0.05) is 0 Å². The van der Waals surface area contributed by atoms with Crippen LogP contribution in [0.3, 0.4) is 0 Å². The van der Waals surface area contributed by atoms with E-state index in [1.807, 2.05) is 26.0 Å². The predicted molar refractivity (Wildman–Crippen MR) is 83.8 cm³/mol. The van der Waals surface area contributed by atoms with Gasteiger partial charge in [-0.2, -0.15) is 5.06 Å². The Balaban J connectivity index is 2.50. The Hall–Kier alpha value is -1.50. The van der Waals surface area contributed by atoms with Crippen molar-refractivity contribution in [3.63, 3.8) is 0 Å². The van der Waals surface area contributed by atoms with Crippen molar-refractivity contribution < 1.29 is 19.4 Å². The van der Waals surface area contributed by atoms with Crippen molar-refractivity contribution in [2.45, 2.75) is 44.9 Å². The molecule has 2 rings (SSSR count). The zero-order chi connectivity index (χ0) is 16.7. The second-order valence-corrected chi connectivity index (χ2v) is 6.53. The summed E-state index contributed by atoms with van der Waals surface area (Å²) in [6.45, 7) is 8.12. The van der Waals surface area contributed by atoms with Gasteiger partial charge in [-0.3, -0.25) is 5.32 Å². The number of nitrogens with zero attached hydrogens (tertiary/aromatic N) is 1. The van der Waals surface area contributed by atoms with Crippen molar-refractivity contribution in [2.75, 3.05) is 21.3 Å². The molecule has 0 bridgehead atoms. The molecule has 0 amide bonds. The fourth-order valence-electron chi connectivity index (χ4n) is 2.67. The van der Waals surface area contributed by atoms with Crippen LogP contribution >= 0.6 is 0 Å². The van der Waals surface area contributed by atoms with E-state index in [-0.39, 0.29) is 11.7 Å². The first kappa shape index (κ1) is 16.9. The van der Waals surface area contributed by atoms with Crippen molar-refractivity contribution in [1.82, 2.24) is 10.4 Å². The van der Waals surface area contributed by atoms with Crippen LogP contribution in [0.1, 0.15) is 39.4 Å². The Morgan fingerprint density at radius 1 is 1.00 bits per heavy atom. The first-order chi connectivity index (χ1) is 10.2. The second kappa shape index (κ2) is 5.61. The molecule has 22 heavy (non-hydrogen) atoms. The van der Waals surface area contributed by atoms with Gasteiger partial charge in [-0.15, -0.1) is 0 Å². The molecular formula is C16H26N2O4. The van der Waals surface area contributed by atoms with Crippen LogP contribution < -0.4 is 19.5 Å². The second-order valence-electron chi connectivity index (χ2n) is 6.53. The number of ether oxygens (including phenoxy) is 3. The van der Waals surface area contributed by atoms with Crippen LogP contribution in [0, 0.1) is 0 Å². The molecule has 0 radical (unpaired) electrons. The first-order valence-corrected chi connectivity index (χ1v) is 7.25. The number of methoxy groups -OCH3 is 3. The molecule has 1 saturated heterocycles. The molecule has 6 heteroatoms. The monoisotopic (exact) mass is 310 g/mol. The van der Waals surface area contributed by atoms with Crippen LogP contribution in [0.15, 0.2) is 12.1 Å². The summed E-state index contributed by atoms with van der Waals surface area (Å²) in [5, 5.41) is 15.4. The Labute approximate surface area is 131 Å². The Morgan fingerprint density at radius 2 is 1.50 bits per heavy atom. The molecule has 0 aromatic heterocycles. The third kappa shape index (κ3) is 2.41. The van der Waals surface area contributed by atoms with Crippen LogP contribution in [0.2, 0.25) is 0 Å². The summed E-state index contributed by atoms with van der Waals surface area (Å²) >= 11 is 0.